The Kier molecular flexibility index (Phi) is 9.95. The molecule has 14 rings (SSSR count). The van der Waals surface area contributed by atoms with Crippen LogP contribution in [0.4, 0.5) is 45.5 Å². The van der Waals surface area contributed by atoms with Crippen molar-refractivity contribution < 1.29 is 0 Å². The molecule has 1 saturated carbocycles. The van der Waals surface area contributed by atoms with Crippen molar-refractivity contribution in [2.75, 3.05) is 14.7 Å². The van der Waals surface area contributed by atoms with Crippen LogP contribution in [-0.4, -0.2) is 12.3 Å². The van der Waals surface area contributed by atoms with Crippen LogP contribution in [-0.2, 0) is 10.8 Å². The fourth-order valence-electron chi connectivity index (χ4n) is 13.2. The molecule has 0 saturated heterocycles. The van der Waals surface area contributed by atoms with Gasteiger partial charge in [0.05, 0.1) is 5.54 Å². The highest BCUT2D eigenvalue weighted by atomic mass is 15.3. The summed E-state index contributed by atoms with van der Waals surface area (Å²) in [7, 11) is 0. The molecule has 4 heteroatoms. The van der Waals surface area contributed by atoms with Crippen molar-refractivity contribution in [1.82, 2.24) is 0 Å². The summed E-state index contributed by atoms with van der Waals surface area (Å²) in [5.74, 6) is 0. The molecule has 0 aromatic heterocycles. The lowest BCUT2D eigenvalue weighted by atomic mass is 9.33. The Hall–Kier alpha value is -8.34. The Morgan fingerprint density at radius 3 is 1.22 bits per heavy atom. The Morgan fingerprint density at radius 2 is 0.797 bits per heavy atom. The van der Waals surface area contributed by atoms with Crippen molar-refractivity contribution in [3.8, 4) is 44.5 Å². The van der Waals surface area contributed by atoms with Crippen molar-refractivity contribution >= 4 is 68.6 Å². The standard InChI is InChI=1S/C70H58BN3/c1-68(2,3)55-34-37-62-59(44-55)69(4)38-39-70(69,5)74(62)58-45-65-67-66(46-58)73(57-31-19-29-52(41-57)48-22-12-7-13-23-48)64-43-54(50-26-16-9-17-27-50)33-36-61(64)71(67)60-35-32-53(49-24-14-8-15-25-49)42-63(60)72(65)56-30-18-28-51(40-56)47-20-10-6-11-21-47/h6-37,40-46H,38-39H2,1-5H3. The first kappa shape index (κ1) is 44.4. The van der Waals surface area contributed by atoms with Crippen LogP contribution < -0.4 is 31.1 Å². The Bertz CT molecular complexity index is 3630. The summed E-state index contributed by atoms with van der Waals surface area (Å²) in [4.78, 5) is 7.97. The van der Waals surface area contributed by atoms with Gasteiger partial charge in [0.15, 0.2) is 0 Å². The van der Waals surface area contributed by atoms with Gasteiger partial charge in [0.2, 0.25) is 0 Å². The molecule has 10 aromatic rings. The first-order chi connectivity index (χ1) is 36.1. The van der Waals surface area contributed by atoms with Crippen LogP contribution in [0.5, 0.6) is 0 Å². The maximum absolute atomic E-state index is 2.76. The minimum atomic E-state index is -0.136. The third-order valence-corrected chi connectivity index (χ3v) is 17.4. The van der Waals surface area contributed by atoms with Crippen LogP contribution in [0.1, 0.15) is 58.6 Å². The van der Waals surface area contributed by atoms with E-state index in [1.165, 1.54) is 106 Å². The van der Waals surface area contributed by atoms with Gasteiger partial charge in [0, 0.05) is 50.9 Å². The third-order valence-electron chi connectivity index (χ3n) is 17.4. The van der Waals surface area contributed by atoms with Crippen LogP contribution in [0.3, 0.4) is 0 Å². The number of nitrogens with zero attached hydrogens (tertiary/aromatic N) is 3. The van der Waals surface area contributed by atoms with Gasteiger partial charge in [-0.1, -0.05) is 210 Å². The lowest BCUT2D eigenvalue weighted by molar-refractivity contribution is 0.133. The summed E-state index contributed by atoms with van der Waals surface area (Å²) in [6.07, 6.45) is 2.26. The van der Waals surface area contributed by atoms with Gasteiger partial charge in [-0.3, -0.25) is 0 Å². The molecule has 1 fully saturated rings. The molecule has 2 unspecified atom stereocenters. The summed E-state index contributed by atoms with van der Waals surface area (Å²) < 4.78 is 0. The van der Waals surface area contributed by atoms with E-state index < -0.39 is 0 Å². The molecule has 3 nitrogen and oxygen atoms in total. The van der Waals surface area contributed by atoms with Gasteiger partial charge in [-0.25, -0.2) is 0 Å². The second-order valence-electron chi connectivity index (χ2n) is 22.5. The zero-order chi connectivity index (χ0) is 49.9. The highest BCUT2D eigenvalue weighted by Gasteiger charge is 2.63. The summed E-state index contributed by atoms with van der Waals surface area (Å²) >= 11 is 0. The molecule has 3 heterocycles. The molecule has 0 spiro atoms. The number of benzene rings is 10. The average Bonchev–Trinajstić information content (AvgIpc) is 3.69. The topological polar surface area (TPSA) is 9.72 Å². The molecule has 10 aromatic carbocycles. The molecule has 1 aliphatic carbocycles. The first-order valence-corrected chi connectivity index (χ1v) is 26.5. The first-order valence-electron chi connectivity index (χ1n) is 26.5. The van der Waals surface area contributed by atoms with Gasteiger partial charge in [0.1, 0.15) is 0 Å². The number of hydrogen-bond acceptors (Lipinski definition) is 3. The Balaban J connectivity index is 1.10. The smallest absolute Gasteiger partial charge is 0.252 e. The van der Waals surface area contributed by atoms with Crippen LogP contribution in [0.15, 0.2) is 237 Å². The number of fused-ring (bicyclic) bond motifs is 7. The van der Waals surface area contributed by atoms with E-state index in [1.54, 1.807) is 0 Å². The third kappa shape index (κ3) is 6.74. The van der Waals surface area contributed by atoms with Gasteiger partial charge in [0.25, 0.3) is 6.71 Å². The van der Waals surface area contributed by atoms with E-state index in [0.717, 1.165) is 24.2 Å². The molecule has 0 N–H and O–H groups in total. The van der Waals surface area contributed by atoms with Crippen LogP contribution in [0.2, 0.25) is 0 Å². The minimum Gasteiger partial charge on any atom is -0.334 e. The Labute approximate surface area is 437 Å². The highest BCUT2D eigenvalue weighted by molar-refractivity contribution is 7.00. The van der Waals surface area contributed by atoms with Gasteiger partial charge < -0.3 is 14.7 Å². The maximum atomic E-state index is 2.76. The zero-order valence-electron chi connectivity index (χ0n) is 42.8. The van der Waals surface area contributed by atoms with Gasteiger partial charge >= 0.3 is 0 Å². The lowest BCUT2D eigenvalue weighted by Crippen LogP contribution is -2.62. The largest absolute Gasteiger partial charge is 0.334 e. The molecule has 4 aliphatic rings. The molecule has 356 valence electrons. The van der Waals surface area contributed by atoms with Crippen LogP contribution in [0.25, 0.3) is 44.5 Å². The molecular weight excluding hydrogens is 894 g/mol. The predicted molar refractivity (Wildman–Crippen MR) is 314 cm³/mol. The van der Waals surface area contributed by atoms with E-state index in [4.69, 9.17) is 0 Å². The van der Waals surface area contributed by atoms with E-state index in [2.05, 4.69) is 286 Å². The second kappa shape index (κ2) is 16.6. The maximum Gasteiger partial charge on any atom is 0.252 e. The van der Waals surface area contributed by atoms with Gasteiger partial charge in [-0.05, 0) is 152 Å². The van der Waals surface area contributed by atoms with Crippen molar-refractivity contribution in [3.63, 3.8) is 0 Å². The van der Waals surface area contributed by atoms with Crippen molar-refractivity contribution in [1.29, 1.82) is 0 Å². The molecule has 3 aliphatic heterocycles. The van der Waals surface area contributed by atoms with Crippen molar-refractivity contribution in [2.45, 2.75) is 63.8 Å². The van der Waals surface area contributed by atoms with Crippen LogP contribution >= 0.6 is 0 Å². The summed E-state index contributed by atoms with van der Waals surface area (Å²) in [6.45, 7) is 12.1. The molecule has 0 radical (unpaired) electrons. The molecule has 2 atom stereocenters. The van der Waals surface area contributed by atoms with E-state index in [9.17, 15) is 0 Å². The summed E-state index contributed by atoms with van der Waals surface area (Å²) in [6, 6.07) is 88.9. The van der Waals surface area contributed by atoms with Crippen molar-refractivity contribution in [3.05, 3.63) is 248 Å². The quantitative estimate of drug-likeness (QED) is 0.147. The van der Waals surface area contributed by atoms with Crippen molar-refractivity contribution in [2.24, 2.45) is 0 Å². The molecule has 74 heavy (non-hydrogen) atoms. The molecule has 0 bridgehead atoms. The summed E-state index contributed by atoms with van der Waals surface area (Å²) in [5, 5.41) is 0. The van der Waals surface area contributed by atoms with Gasteiger partial charge in [-0.2, -0.15) is 0 Å². The monoisotopic (exact) mass is 951 g/mol. The van der Waals surface area contributed by atoms with E-state index in [-0.39, 0.29) is 23.1 Å². The van der Waals surface area contributed by atoms with Crippen LogP contribution in [0, 0.1) is 0 Å². The van der Waals surface area contributed by atoms with Gasteiger partial charge in [-0.15, -0.1) is 0 Å². The van der Waals surface area contributed by atoms with E-state index in [1.807, 2.05) is 0 Å². The minimum absolute atomic E-state index is 0.0129. The molecular formula is C70H58BN3. The zero-order valence-corrected chi connectivity index (χ0v) is 42.8. The number of anilines is 8. The number of rotatable bonds is 7. The van der Waals surface area contributed by atoms with E-state index >= 15 is 0 Å². The Morgan fingerprint density at radius 1 is 0.365 bits per heavy atom. The molecule has 0 amide bonds. The fourth-order valence-corrected chi connectivity index (χ4v) is 13.2. The average molecular weight is 952 g/mol. The second-order valence-corrected chi connectivity index (χ2v) is 22.5. The summed E-state index contributed by atoms with van der Waals surface area (Å²) in [5.41, 5.74) is 25.8. The SMILES string of the molecule is CC(C)(C)c1ccc2c(c1)C1(C)CCC1(C)N2c1cc2c3c(c1)N(c1cccc(-c4ccccc4)c1)c1cc(-c4ccccc4)ccc1B3c1ccc(-c3ccccc3)cc1N2c1cccc(-c2ccccc2)c1. The number of hydrogen-bond donors (Lipinski definition) is 0. The normalized spacial score (nSPS) is 18.0. The van der Waals surface area contributed by atoms with E-state index in [0.29, 0.717) is 0 Å². The highest BCUT2D eigenvalue weighted by Crippen LogP contribution is 2.66. The lowest BCUT2D eigenvalue weighted by Gasteiger charge is -2.56. The fraction of sp³-hybridized carbons (Fsp3) is 0.143. The predicted octanol–water partition coefficient (Wildman–Crippen LogP) is 16.7.